The molecule has 174 valence electrons. The lowest BCUT2D eigenvalue weighted by Crippen LogP contribution is -2.61. The van der Waals surface area contributed by atoms with Crippen molar-refractivity contribution in [2.75, 3.05) is 44.2 Å². The lowest BCUT2D eigenvalue weighted by Gasteiger charge is -2.45. The molecule has 10 heteroatoms. The molecule has 0 aliphatic carbocycles. The summed E-state index contributed by atoms with van der Waals surface area (Å²) in [7, 11) is 0. The van der Waals surface area contributed by atoms with Crippen LogP contribution < -0.4 is 15.5 Å². The molecule has 4 aliphatic rings. The number of nitrogens with one attached hydrogen (secondary N) is 2. The maximum Gasteiger partial charge on any atom is 0.280 e. The van der Waals surface area contributed by atoms with Crippen LogP contribution in [0.2, 0.25) is 0 Å². The molecule has 3 fully saturated rings. The van der Waals surface area contributed by atoms with Crippen molar-refractivity contribution in [3.05, 3.63) is 29.3 Å². The average molecular weight is 466 g/mol. The second-order valence-corrected chi connectivity index (χ2v) is 9.66. The third-order valence-corrected chi connectivity index (χ3v) is 7.78. The molecule has 0 saturated carbocycles. The van der Waals surface area contributed by atoms with Crippen molar-refractivity contribution >= 4 is 30.1 Å². The predicted octanol–water partition coefficient (Wildman–Crippen LogP) is 1.35. The monoisotopic (exact) mass is 465 g/mol. The van der Waals surface area contributed by atoms with E-state index >= 15 is 8.78 Å². The summed E-state index contributed by atoms with van der Waals surface area (Å²) < 4.78 is 30.2. The van der Waals surface area contributed by atoms with E-state index in [0.29, 0.717) is 45.4 Å². The zero-order chi connectivity index (χ0) is 22.5. The van der Waals surface area contributed by atoms with Gasteiger partial charge in [-0.2, -0.15) is 12.6 Å². The van der Waals surface area contributed by atoms with Crippen molar-refractivity contribution in [1.29, 1.82) is 0 Å². The van der Waals surface area contributed by atoms with Crippen LogP contribution in [0, 0.1) is 0 Å². The van der Waals surface area contributed by atoms with E-state index in [1.54, 1.807) is 4.90 Å². The van der Waals surface area contributed by atoms with Crippen molar-refractivity contribution in [1.82, 2.24) is 20.4 Å². The highest BCUT2D eigenvalue weighted by Crippen LogP contribution is 2.42. The summed E-state index contributed by atoms with van der Waals surface area (Å²) >= 11 is 4.75. The third-order valence-electron chi connectivity index (χ3n) is 7.20. The number of carbonyl (C=O) groups is 2. The fourth-order valence-electron chi connectivity index (χ4n) is 5.50. The quantitative estimate of drug-likeness (QED) is 0.463. The summed E-state index contributed by atoms with van der Waals surface area (Å²) in [5.74, 6) is -3.32. The van der Waals surface area contributed by atoms with Gasteiger partial charge < -0.3 is 10.2 Å². The number of carbonyl (C=O) groups excluding carboxylic acids is 2. The molecule has 2 N–H and O–H groups in total. The van der Waals surface area contributed by atoms with Crippen LogP contribution in [0.5, 0.6) is 0 Å². The van der Waals surface area contributed by atoms with E-state index in [4.69, 9.17) is 12.6 Å². The average Bonchev–Trinajstić information content (AvgIpc) is 3.09. The Balaban J connectivity index is 1.30. The van der Waals surface area contributed by atoms with E-state index in [-0.39, 0.29) is 23.7 Å². The Bertz CT molecular complexity index is 910. The first-order chi connectivity index (χ1) is 15.3. The number of hydrogen-bond acceptors (Lipinski definition) is 7. The number of nitrogens with zero attached hydrogens (tertiary/aromatic N) is 3. The lowest BCUT2D eigenvalue weighted by atomic mass is 9.97. The lowest BCUT2D eigenvalue weighted by molar-refractivity contribution is -0.137. The van der Waals surface area contributed by atoms with Gasteiger partial charge in [0.1, 0.15) is 0 Å². The Hall–Kier alpha value is -1.75. The second-order valence-electron chi connectivity index (χ2n) is 9.17. The van der Waals surface area contributed by atoms with Gasteiger partial charge in [-0.05, 0) is 36.1 Å². The smallest absolute Gasteiger partial charge is 0.280 e. The van der Waals surface area contributed by atoms with Crippen LogP contribution in [0.3, 0.4) is 0 Å². The minimum atomic E-state index is -2.78. The molecule has 3 unspecified atom stereocenters. The molecule has 0 aromatic heterocycles. The van der Waals surface area contributed by atoms with Crippen molar-refractivity contribution in [2.45, 2.75) is 49.2 Å². The number of anilines is 1. The van der Waals surface area contributed by atoms with Crippen molar-refractivity contribution in [2.24, 2.45) is 0 Å². The highest BCUT2D eigenvalue weighted by atomic mass is 32.1. The van der Waals surface area contributed by atoms with Gasteiger partial charge in [-0.1, -0.05) is 6.07 Å². The van der Waals surface area contributed by atoms with Crippen molar-refractivity contribution < 1.29 is 18.4 Å². The normalized spacial score (nSPS) is 31.5. The SMILES string of the molecule is O=C1CCC(N2Cc3ccc(N4CCC(N5CCNCC5)C(F)(F)C4)cc3C2S)C(=O)N1. The van der Waals surface area contributed by atoms with Crippen LogP contribution in [0.25, 0.3) is 0 Å². The van der Waals surface area contributed by atoms with Gasteiger partial charge in [0.15, 0.2) is 0 Å². The molecule has 5 rings (SSSR count). The van der Waals surface area contributed by atoms with Crippen molar-refractivity contribution in [3.63, 3.8) is 0 Å². The zero-order valence-corrected chi connectivity index (χ0v) is 18.8. The molecule has 0 bridgehead atoms. The predicted molar refractivity (Wildman–Crippen MR) is 120 cm³/mol. The topological polar surface area (TPSA) is 67.9 Å². The van der Waals surface area contributed by atoms with Gasteiger partial charge in [-0.3, -0.25) is 24.7 Å². The van der Waals surface area contributed by atoms with Crippen LogP contribution in [0.1, 0.15) is 35.8 Å². The minimum absolute atomic E-state index is 0.244. The van der Waals surface area contributed by atoms with E-state index in [0.717, 1.165) is 29.9 Å². The van der Waals surface area contributed by atoms with Crippen LogP contribution >= 0.6 is 12.6 Å². The van der Waals surface area contributed by atoms with Gasteiger partial charge in [-0.25, -0.2) is 8.78 Å². The molecule has 7 nitrogen and oxygen atoms in total. The molecule has 3 saturated heterocycles. The van der Waals surface area contributed by atoms with Gasteiger partial charge in [0.05, 0.1) is 24.0 Å². The summed E-state index contributed by atoms with van der Waals surface area (Å²) in [5, 5.41) is 5.32. The molecule has 0 spiro atoms. The first-order valence-corrected chi connectivity index (χ1v) is 11.8. The summed E-state index contributed by atoms with van der Waals surface area (Å²) in [6.07, 6.45) is 1.21. The molecule has 3 atom stereocenters. The molecule has 4 aliphatic heterocycles. The standard InChI is InChI=1S/C22H29F2N5O2S/c23-22(24)13-28(8-5-18(22)27-9-6-25-7-10-27)15-2-1-14-12-29(21(32)16(14)11-15)17-3-4-19(30)26-20(17)31/h1-2,11,17-18,21,25,32H,3-10,12-13H2,(H,26,30,31). The first kappa shape index (κ1) is 22.1. The molecule has 2 amide bonds. The summed E-state index contributed by atoms with van der Waals surface area (Å²) in [4.78, 5) is 29.5. The fourth-order valence-corrected chi connectivity index (χ4v) is 5.98. The molecular formula is C22H29F2N5O2S. The fraction of sp³-hybridized carbons (Fsp3) is 0.636. The molecule has 4 heterocycles. The highest BCUT2D eigenvalue weighted by molar-refractivity contribution is 7.80. The number of piperazine rings is 1. The molecule has 0 radical (unpaired) electrons. The first-order valence-electron chi connectivity index (χ1n) is 11.3. The van der Waals surface area contributed by atoms with Crippen LogP contribution in [0.15, 0.2) is 18.2 Å². The maximum atomic E-state index is 15.1. The maximum absolute atomic E-state index is 15.1. The van der Waals surface area contributed by atoms with E-state index in [9.17, 15) is 9.59 Å². The Morgan fingerprint density at radius 3 is 2.59 bits per heavy atom. The van der Waals surface area contributed by atoms with Gasteiger partial charge in [0.2, 0.25) is 11.8 Å². The number of rotatable bonds is 3. The number of imide groups is 1. The molecule has 1 aromatic carbocycles. The second kappa shape index (κ2) is 8.55. The molecule has 32 heavy (non-hydrogen) atoms. The number of piperidine rings is 2. The number of fused-ring (bicyclic) bond motifs is 1. The Morgan fingerprint density at radius 2 is 1.88 bits per heavy atom. The Labute approximate surface area is 191 Å². The summed E-state index contributed by atoms with van der Waals surface area (Å²) in [6.45, 7) is 3.68. The van der Waals surface area contributed by atoms with E-state index < -0.39 is 18.0 Å². The minimum Gasteiger partial charge on any atom is -0.365 e. The zero-order valence-electron chi connectivity index (χ0n) is 17.9. The van der Waals surface area contributed by atoms with Crippen molar-refractivity contribution in [3.8, 4) is 0 Å². The number of amides is 2. The number of benzene rings is 1. The molecule has 1 aromatic rings. The third kappa shape index (κ3) is 4.02. The van der Waals surface area contributed by atoms with E-state index in [2.05, 4.69) is 10.6 Å². The van der Waals surface area contributed by atoms with Crippen LogP contribution in [-0.2, 0) is 16.1 Å². The van der Waals surface area contributed by atoms with Crippen LogP contribution in [0.4, 0.5) is 14.5 Å². The highest BCUT2D eigenvalue weighted by Gasteiger charge is 2.48. The van der Waals surface area contributed by atoms with Gasteiger partial charge in [-0.15, -0.1) is 0 Å². The van der Waals surface area contributed by atoms with Gasteiger partial charge >= 0.3 is 0 Å². The number of alkyl halides is 2. The summed E-state index contributed by atoms with van der Waals surface area (Å²) in [6, 6.07) is 4.68. The number of hydrogen-bond donors (Lipinski definition) is 3. The Kier molecular flexibility index (Phi) is 5.90. The largest absolute Gasteiger partial charge is 0.365 e. The summed E-state index contributed by atoms with van der Waals surface area (Å²) in [5.41, 5.74) is 2.76. The molecular weight excluding hydrogens is 436 g/mol. The van der Waals surface area contributed by atoms with Crippen LogP contribution in [-0.4, -0.2) is 78.9 Å². The number of halogens is 2. The van der Waals surface area contributed by atoms with Gasteiger partial charge in [0.25, 0.3) is 5.92 Å². The van der Waals surface area contributed by atoms with E-state index in [1.807, 2.05) is 28.0 Å². The van der Waals surface area contributed by atoms with E-state index in [1.165, 1.54) is 0 Å². The van der Waals surface area contributed by atoms with Gasteiger partial charge in [0, 0.05) is 51.4 Å². The number of thiol groups is 1. The Morgan fingerprint density at radius 1 is 1.09 bits per heavy atom.